The van der Waals surface area contributed by atoms with Crippen molar-refractivity contribution in [2.75, 3.05) is 17.6 Å². The molecule has 0 bridgehead atoms. The van der Waals surface area contributed by atoms with Gasteiger partial charge in [-0.15, -0.1) is 0 Å². The Labute approximate surface area is 119 Å². The average Bonchev–Trinajstić information content (AvgIpc) is 2.32. The molecule has 0 radical (unpaired) electrons. The Hall–Kier alpha value is -1.27. The number of aromatic nitrogens is 2. The first-order valence-electron chi connectivity index (χ1n) is 5.49. The van der Waals surface area contributed by atoms with Gasteiger partial charge in [-0.05, 0) is 31.2 Å². The number of nitrogens with two attached hydrogens (primary N) is 1. The quantitative estimate of drug-likeness (QED) is 0.844. The van der Waals surface area contributed by atoms with Gasteiger partial charge in [0.15, 0.2) is 0 Å². The van der Waals surface area contributed by atoms with Crippen molar-refractivity contribution in [1.82, 2.24) is 9.97 Å². The number of nitrogens with zero attached hydrogens (tertiary/aromatic N) is 2. The molecular weight excluding hydrogens is 312 g/mol. The van der Waals surface area contributed by atoms with Gasteiger partial charge >= 0.3 is 0 Å². The fraction of sp³-hybridized carbons (Fsp3) is 0.167. The molecule has 4 nitrogen and oxygen atoms in total. The topological polar surface area (TPSA) is 63.8 Å². The van der Waals surface area contributed by atoms with Crippen LogP contribution in [0, 0.1) is 0 Å². The molecule has 2 rings (SSSR count). The van der Waals surface area contributed by atoms with Crippen LogP contribution in [0.4, 0.5) is 11.8 Å². The number of nitrogen functional groups attached to an aromatic ring is 1. The predicted molar refractivity (Wildman–Crippen MR) is 78.9 cm³/mol. The first kappa shape index (κ1) is 13.2. The lowest BCUT2D eigenvalue weighted by Gasteiger charge is -2.06. The molecule has 0 amide bonds. The van der Waals surface area contributed by atoms with Gasteiger partial charge in [0.1, 0.15) is 10.8 Å². The lowest BCUT2D eigenvalue weighted by molar-refractivity contribution is 1.04. The van der Waals surface area contributed by atoms with Crippen molar-refractivity contribution in [2.24, 2.45) is 0 Å². The molecule has 0 spiro atoms. The molecule has 1 heterocycles. The van der Waals surface area contributed by atoms with E-state index < -0.39 is 0 Å². The van der Waals surface area contributed by atoms with E-state index in [1.165, 1.54) is 0 Å². The highest BCUT2D eigenvalue weighted by Gasteiger charge is 2.04. The molecule has 0 aliphatic carbocycles. The first-order valence-corrected chi connectivity index (χ1v) is 7.10. The standard InChI is InChI=1S/C12H13BrN4S/c1-2-15-10-7-11(17-12(14)16-10)18-9-5-3-8(13)4-6-9/h3-7H,2H2,1H3,(H3,14,15,16,17). The molecule has 1 aromatic carbocycles. The lowest BCUT2D eigenvalue weighted by Crippen LogP contribution is -2.03. The molecule has 3 N–H and O–H groups in total. The number of rotatable bonds is 4. The van der Waals surface area contributed by atoms with Crippen molar-refractivity contribution in [2.45, 2.75) is 16.8 Å². The number of halogens is 1. The van der Waals surface area contributed by atoms with Crippen LogP contribution < -0.4 is 11.1 Å². The summed E-state index contributed by atoms with van der Waals surface area (Å²) in [5.41, 5.74) is 5.68. The zero-order valence-corrected chi connectivity index (χ0v) is 12.3. The highest BCUT2D eigenvalue weighted by molar-refractivity contribution is 9.10. The highest BCUT2D eigenvalue weighted by atomic mass is 79.9. The van der Waals surface area contributed by atoms with E-state index in [0.29, 0.717) is 0 Å². The Morgan fingerprint density at radius 1 is 1.28 bits per heavy atom. The lowest BCUT2D eigenvalue weighted by atomic mass is 10.4. The van der Waals surface area contributed by atoms with Gasteiger partial charge in [-0.3, -0.25) is 0 Å². The summed E-state index contributed by atoms with van der Waals surface area (Å²) in [6, 6.07) is 9.95. The summed E-state index contributed by atoms with van der Waals surface area (Å²) in [4.78, 5) is 9.44. The van der Waals surface area contributed by atoms with Gasteiger partial charge in [0.05, 0.1) is 0 Å². The van der Waals surface area contributed by atoms with Crippen LogP contribution in [0.15, 0.2) is 44.7 Å². The Bertz CT molecular complexity index is 530. The van der Waals surface area contributed by atoms with Gasteiger partial charge in [0.25, 0.3) is 0 Å². The molecule has 0 unspecified atom stereocenters. The number of benzene rings is 1. The van der Waals surface area contributed by atoms with E-state index in [-0.39, 0.29) is 5.95 Å². The van der Waals surface area contributed by atoms with E-state index in [0.717, 1.165) is 26.8 Å². The number of nitrogens with one attached hydrogen (secondary N) is 1. The summed E-state index contributed by atoms with van der Waals surface area (Å²) in [5, 5.41) is 3.97. The van der Waals surface area contributed by atoms with Crippen LogP contribution in [0.2, 0.25) is 0 Å². The minimum Gasteiger partial charge on any atom is -0.370 e. The molecule has 2 aromatic rings. The minimum absolute atomic E-state index is 0.285. The summed E-state index contributed by atoms with van der Waals surface area (Å²) in [7, 11) is 0. The Morgan fingerprint density at radius 2 is 2.00 bits per heavy atom. The summed E-state index contributed by atoms with van der Waals surface area (Å²) in [6.45, 7) is 2.82. The normalized spacial score (nSPS) is 10.3. The van der Waals surface area contributed by atoms with Crippen LogP contribution in [0.3, 0.4) is 0 Å². The maximum Gasteiger partial charge on any atom is 0.223 e. The largest absolute Gasteiger partial charge is 0.370 e. The molecular formula is C12H13BrN4S. The van der Waals surface area contributed by atoms with Crippen molar-refractivity contribution < 1.29 is 0 Å². The predicted octanol–water partition coefficient (Wildman–Crippen LogP) is 3.40. The maximum absolute atomic E-state index is 5.68. The second-order valence-electron chi connectivity index (χ2n) is 3.54. The zero-order chi connectivity index (χ0) is 13.0. The van der Waals surface area contributed by atoms with E-state index in [1.54, 1.807) is 11.8 Å². The fourth-order valence-corrected chi connectivity index (χ4v) is 2.48. The highest BCUT2D eigenvalue weighted by Crippen LogP contribution is 2.28. The van der Waals surface area contributed by atoms with Crippen LogP contribution in [0.1, 0.15) is 6.92 Å². The van der Waals surface area contributed by atoms with E-state index in [1.807, 2.05) is 37.3 Å². The zero-order valence-electron chi connectivity index (χ0n) is 9.85. The summed E-state index contributed by atoms with van der Waals surface area (Å²) in [6.07, 6.45) is 0. The third-order valence-corrected chi connectivity index (χ3v) is 3.57. The molecule has 6 heteroatoms. The van der Waals surface area contributed by atoms with E-state index in [4.69, 9.17) is 5.73 Å². The number of hydrogen-bond acceptors (Lipinski definition) is 5. The second-order valence-corrected chi connectivity index (χ2v) is 5.55. The molecule has 18 heavy (non-hydrogen) atoms. The molecule has 1 aromatic heterocycles. The second kappa shape index (κ2) is 6.06. The van der Waals surface area contributed by atoms with Crippen molar-refractivity contribution in [3.63, 3.8) is 0 Å². The first-order chi connectivity index (χ1) is 8.67. The van der Waals surface area contributed by atoms with E-state index in [2.05, 4.69) is 31.2 Å². The molecule has 0 fully saturated rings. The van der Waals surface area contributed by atoms with Crippen molar-refractivity contribution >= 4 is 39.5 Å². The summed E-state index contributed by atoms with van der Waals surface area (Å²) >= 11 is 4.97. The van der Waals surface area contributed by atoms with Crippen LogP contribution in [-0.4, -0.2) is 16.5 Å². The SMILES string of the molecule is CCNc1cc(Sc2ccc(Br)cc2)nc(N)n1. The van der Waals surface area contributed by atoms with Gasteiger partial charge in [-0.1, -0.05) is 27.7 Å². The molecule has 0 aliphatic heterocycles. The fourth-order valence-electron chi connectivity index (χ4n) is 1.39. The van der Waals surface area contributed by atoms with Crippen LogP contribution >= 0.6 is 27.7 Å². The third kappa shape index (κ3) is 3.61. The van der Waals surface area contributed by atoms with E-state index >= 15 is 0 Å². The molecule has 0 saturated carbocycles. The molecule has 0 aliphatic rings. The van der Waals surface area contributed by atoms with Crippen molar-refractivity contribution in [1.29, 1.82) is 0 Å². The van der Waals surface area contributed by atoms with E-state index in [9.17, 15) is 0 Å². The van der Waals surface area contributed by atoms with Crippen molar-refractivity contribution in [3.05, 3.63) is 34.8 Å². The van der Waals surface area contributed by atoms with Crippen LogP contribution in [-0.2, 0) is 0 Å². The Balaban J connectivity index is 2.20. The minimum atomic E-state index is 0.285. The van der Waals surface area contributed by atoms with Crippen LogP contribution in [0.25, 0.3) is 0 Å². The van der Waals surface area contributed by atoms with Gasteiger partial charge in [-0.2, -0.15) is 4.98 Å². The third-order valence-electron chi connectivity index (χ3n) is 2.11. The number of hydrogen-bond donors (Lipinski definition) is 2. The van der Waals surface area contributed by atoms with Gasteiger partial charge in [0, 0.05) is 22.0 Å². The van der Waals surface area contributed by atoms with Gasteiger partial charge in [-0.25, -0.2) is 4.98 Å². The molecule has 0 saturated heterocycles. The Kier molecular flexibility index (Phi) is 4.43. The van der Waals surface area contributed by atoms with Gasteiger partial charge in [0.2, 0.25) is 5.95 Å². The molecule has 0 atom stereocenters. The summed E-state index contributed by atoms with van der Waals surface area (Å²) < 4.78 is 1.06. The van der Waals surface area contributed by atoms with Crippen molar-refractivity contribution in [3.8, 4) is 0 Å². The maximum atomic E-state index is 5.68. The summed E-state index contributed by atoms with van der Waals surface area (Å²) in [5.74, 6) is 1.04. The van der Waals surface area contributed by atoms with Gasteiger partial charge < -0.3 is 11.1 Å². The Morgan fingerprint density at radius 3 is 2.67 bits per heavy atom. The average molecular weight is 325 g/mol. The number of anilines is 2. The molecule has 94 valence electrons. The monoisotopic (exact) mass is 324 g/mol. The van der Waals surface area contributed by atoms with Crippen LogP contribution in [0.5, 0.6) is 0 Å². The smallest absolute Gasteiger partial charge is 0.223 e.